The van der Waals surface area contributed by atoms with Gasteiger partial charge in [0.1, 0.15) is 5.75 Å². The summed E-state index contributed by atoms with van der Waals surface area (Å²) in [6, 6.07) is 1.63. The number of benzene rings is 1. The van der Waals surface area contributed by atoms with Crippen molar-refractivity contribution >= 4 is 11.8 Å². The van der Waals surface area contributed by atoms with Crippen LogP contribution in [0.1, 0.15) is 24.0 Å². The molecule has 0 bridgehead atoms. The number of ether oxygens (including phenoxy) is 1. The molecule has 0 amide bonds. The lowest BCUT2D eigenvalue weighted by Gasteiger charge is -2.19. The zero-order chi connectivity index (χ0) is 17.3. The van der Waals surface area contributed by atoms with Crippen molar-refractivity contribution in [3.05, 3.63) is 23.3 Å². The zero-order valence-corrected chi connectivity index (χ0v) is 13.0. The van der Waals surface area contributed by atoms with Crippen molar-refractivity contribution in [1.29, 1.82) is 0 Å². The summed E-state index contributed by atoms with van der Waals surface area (Å²) >= 11 is -0.750. The Labute approximate surface area is 133 Å². The molecule has 1 aromatic carbocycles. The Kier molecular flexibility index (Phi) is 5.40. The summed E-state index contributed by atoms with van der Waals surface area (Å²) < 4.78 is 81.8. The topological polar surface area (TPSA) is 21.3 Å². The lowest BCUT2D eigenvalue weighted by Crippen LogP contribution is -2.24. The lowest BCUT2D eigenvalue weighted by molar-refractivity contribution is -0.139. The molecule has 1 heterocycles. The van der Waals surface area contributed by atoms with Crippen molar-refractivity contribution in [2.75, 3.05) is 13.7 Å². The molecule has 1 atom stereocenters. The molecule has 2 nitrogen and oxygen atoms in total. The van der Waals surface area contributed by atoms with Crippen LogP contribution in [0.15, 0.2) is 17.0 Å². The first-order valence-corrected chi connectivity index (χ1v) is 7.69. The molecule has 9 heteroatoms. The number of nitrogens with one attached hydrogen (secondary N) is 1. The number of alkyl halides is 6. The number of hydrogen-bond acceptors (Lipinski definition) is 3. The maximum Gasteiger partial charge on any atom is 0.446 e. The van der Waals surface area contributed by atoms with Gasteiger partial charge in [-0.1, -0.05) is 0 Å². The van der Waals surface area contributed by atoms with E-state index >= 15 is 0 Å². The highest BCUT2D eigenvalue weighted by atomic mass is 32.2. The molecule has 0 radical (unpaired) electrons. The minimum Gasteiger partial charge on any atom is -0.496 e. The molecular weight excluding hydrogens is 344 g/mol. The Balaban J connectivity index is 2.43. The summed E-state index contributed by atoms with van der Waals surface area (Å²) in [5.74, 6) is -0.0439. The van der Waals surface area contributed by atoms with Crippen molar-refractivity contribution in [2.45, 2.75) is 41.9 Å². The second-order valence-corrected chi connectivity index (χ2v) is 6.31. The van der Waals surface area contributed by atoms with Gasteiger partial charge < -0.3 is 10.1 Å². The molecule has 130 valence electrons. The van der Waals surface area contributed by atoms with Gasteiger partial charge >= 0.3 is 11.7 Å². The van der Waals surface area contributed by atoms with Gasteiger partial charge in [0, 0.05) is 10.9 Å². The van der Waals surface area contributed by atoms with Crippen LogP contribution in [-0.2, 0) is 12.6 Å². The Morgan fingerprint density at radius 1 is 1.22 bits per heavy atom. The first-order valence-electron chi connectivity index (χ1n) is 6.87. The van der Waals surface area contributed by atoms with Gasteiger partial charge in [0.25, 0.3) is 0 Å². The number of methoxy groups -OCH3 is 1. The summed E-state index contributed by atoms with van der Waals surface area (Å²) in [6.07, 6.45) is -2.80. The van der Waals surface area contributed by atoms with Gasteiger partial charge in [-0.25, -0.2) is 0 Å². The van der Waals surface area contributed by atoms with Crippen molar-refractivity contribution in [3.63, 3.8) is 0 Å². The monoisotopic (exact) mass is 359 g/mol. The molecule has 1 aromatic rings. The van der Waals surface area contributed by atoms with E-state index < -0.39 is 33.9 Å². The van der Waals surface area contributed by atoms with Crippen LogP contribution < -0.4 is 10.1 Å². The molecule has 0 unspecified atom stereocenters. The molecule has 1 fully saturated rings. The predicted octanol–water partition coefficient (Wildman–Crippen LogP) is 4.62. The fourth-order valence-corrected chi connectivity index (χ4v) is 3.31. The quantitative estimate of drug-likeness (QED) is 0.626. The van der Waals surface area contributed by atoms with E-state index in [0.29, 0.717) is 18.1 Å². The summed E-state index contributed by atoms with van der Waals surface area (Å²) in [4.78, 5) is -0.848. The third-order valence-corrected chi connectivity index (χ3v) is 4.33. The molecule has 0 aromatic heterocycles. The van der Waals surface area contributed by atoms with E-state index in [2.05, 4.69) is 5.32 Å². The first kappa shape index (κ1) is 18.3. The van der Waals surface area contributed by atoms with Gasteiger partial charge in [0.05, 0.1) is 12.7 Å². The van der Waals surface area contributed by atoms with Gasteiger partial charge in [0.15, 0.2) is 0 Å². The Bertz CT molecular complexity index is 551. The van der Waals surface area contributed by atoms with E-state index in [1.165, 1.54) is 7.11 Å². The third-order valence-electron chi connectivity index (χ3n) is 3.54. The number of hydrogen-bond donors (Lipinski definition) is 1. The van der Waals surface area contributed by atoms with Crippen LogP contribution in [0.5, 0.6) is 5.75 Å². The fraction of sp³-hybridized carbons (Fsp3) is 0.571. The molecule has 1 saturated heterocycles. The zero-order valence-electron chi connectivity index (χ0n) is 12.1. The first-order chi connectivity index (χ1) is 10.6. The smallest absolute Gasteiger partial charge is 0.446 e. The summed E-state index contributed by atoms with van der Waals surface area (Å²) in [5.41, 5.74) is -5.79. The van der Waals surface area contributed by atoms with Crippen molar-refractivity contribution in [1.82, 2.24) is 5.32 Å². The highest BCUT2D eigenvalue weighted by Crippen LogP contribution is 2.46. The van der Waals surface area contributed by atoms with Crippen LogP contribution in [0.4, 0.5) is 26.3 Å². The standard InChI is InChI=1S/C14H15F6NOS/c1-22-11-7-10(13(15,16)17)12(23-14(18,19)20)6-8(11)5-9-3-2-4-21-9/h6-7,9,21H,2-5H2,1H3/t9-/m0/s1. The Morgan fingerprint density at radius 2 is 1.91 bits per heavy atom. The van der Waals surface area contributed by atoms with Crippen LogP contribution >= 0.6 is 11.8 Å². The maximum absolute atomic E-state index is 13.0. The second-order valence-electron chi connectivity index (χ2n) is 5.20. The molecular formula is C14H15F6NOS. The van der Waals surface area contributed by atoms with Crippen LogP contribution in [0.25, 0.3) is 0 Å². The molecule has 0 saturated carbocycles. The van der Waals surface area contributed by atoms with Gasteiger partial charge in [-0.3, -0.25) is 0 Å². The SMILES string of the molecule is COc1cc(C(F)(F)F)c(SC(F)(F)F)cc1C[C@@H]1CCCN1. The second kappa shape index (κ2) is 6.80. The van der Waals surface area contributed by atoms with E-state index in [9.17, 15) is 26.3 Å². The van der Waals surface area contributed by atoms with Crippen molar-refractivity contribution in [3.8, 4) is 5.75 Å². The molecule has 23 heavy (non-hydrogen) atoms. The highest BCUT2D eigenvalue weighted by molar-refractivity contribution is 8.00. The van der Waals surface area contributed by atoms with Crippen LogP contribution in [-0.4, -0.2) is 25.2 Å². The van der Waals surface area contributed by atoms with E-state index in [-0.39, 0.29) is 11.8 Å². The third kappa shape index (κ3) is 4.94. The molecule has 0 spiro atoms. The fourth-order valence-electron chi connectivity index (χ4n) is 2.58. The summed E-state index contributed by atoms with van der Waals surface area (Å²) in [5, 5.41) is 3.16. The lowest BCUT2D eigenvalue weighted by atomic mass is 10.0. The van der Waals surface area contributed by atoms with E-state index in [1.54, 1.807) is 0 Å². The Hall–Kier alpha value is -1.09. The molecule has 1 N–H and O–H groups in total. The van der Waals surface area contributed by atoms with Crippen LogP contribution in [0.3, 0.4) is 0 Å². The van der Waals surface area contributed by atoms with Gasteiger partial charge in [0.2, 0.25) is 0 Å². The van der Waals surface area contributed by atoms with E-state index in [4.69, 9.17) is 4.74 Å². The Morgan fingerprint density at radius 3 is 2.39 bits per heavy atom. The number of thioether (sulfide) groups is 1. The van der Waals surface area contributed by atoms with Gasteiger partial charge in [-0.2, -0.15) is 26.3 Å². The van der Waals surface area contributed by atoms with Crippen molar-refractivity contribution in [2.24, 2.45) is 0 Å². The predicted molar refractivity (Wildman–Crippen MR) is 74.6 cm³/mol. The van der Waals surface area contributed by atoms with Crippen LogP contribution in [0.2, 0.25) is 0 Å². The summed E-state index contributed by atoms with van der Waals surface area (Å²) in [6.45, 7) is 0.789. The van der Waals surface area contributed by atoms with Gasteiger partial charge in [-0.15, -0.1) is 0 Å². The average molecular weight is 359 g/mol. The average Bonchev–Trinajstić information content (AvgIpc) is 2.88. The minimum absolute atomic E-state index is 0.0318. The molecule has 1 aliphatic heterocycles. The normalized spacial score (nSPS) is 19.2. The highest BCUT2D eigenvalue weighted by Gasteiger charge is 2.39. The van der Waals surface area contributed by atoms with Crippen LogP contribution in [0, 0.1) is 0 Å². The van der Waals surface area contributed by atoms with Crippen molar-refractivity contribution < 1.29 is 31.1 Å². The van der Waals surface area contributed by atoms with E-state index in [1.807, 2.05) is 0 Å². The number of rotatable bonds is 4. The molecule has 2 rings (SSSR count). The summed E-state index contributed by atoms with van der Waals surface area (Å²) in [7, 11) is 1.21. The number of halogens is 6. The van der Waals surface area contributed by atoms with Gasteiger partial charge in [-0.05, 0) is 55.3 Å². The molecule has 1 aliphatic rings. The minimum atomic E-state index is -4.88. The van der Waals surface area contributed by atoms with E-state index in [0.717, 1.165) is 25.5 Å². The molecule has 0 aliphatic carbocycles. The maximum atomic E-state index is 13.0. The largest absolute Gasteiger partial charge is 0.496 e.